The minimum atomic E-state index is 0.0299. The molecule has 1 amide bonds. The summed E-state index contributed by atoms with van der Waals surface area (Å²) in [6.45, 7) is 7.19. The van der Waals surface area contributed by atoms with Gasteiger partial charge in [-0.15, -0.1) is 0 Å². The highest BCUT2D eigenvalue weighted by Crippen LogP contribution is 2.33. The molecule has 2 heterocycles. The Labute approximate surface area is 176 Å². The lowest BCUT2D eigenvalue weighted by atomic mass is 10.1. The SMILES string of the molecule is Cc1c(C(=O)N2C[C@@H](C)O[C@@H](C)C2)cc(-c2ccccc2)n1-c1ccccc1Cl. The second-order valence-electron chi connectivity index (χ2n) is 7.65. The van der Waals surface area contributed by atoms with E-state index in [4.69, 9.17) is 16.3 Å². The summed E-state index contributed by atoms with van der Waals surface area (Å²) in [6.07, 6.45) is 0.0597. The van der Waals surface area contributed by atoms with E-state index >= 15 is 0 Å². The summed E-state index contributed by atoms with van der Waals surface area (Å²) in [7, 11) is 0. The van der Waals surface area contributed by atoms with Crippen molar-refractivity contribution in [3.05, 3.63) is 76.9 Å². The fourth-order valence-corrected chi connectivity index (χ4v) is 4.32. The molecule has 2 aromatic carbocycles. The van der Waals surface area contributed by atoms with Gasteiger partial charge in [-0.25, -0.2) is 0 Å². The van der Waals surface area contributed by atoms with Gasteiger partial charge in [-0.3, -0.25) is 4.79 Å². The highest BCUT2D eigenvalue weighted by atomic mass is 35.5. The van der Waals surface area contributed by atoms with Gasteiger partial charge in [0.25, 0.3) is 5.91 Å². The van der Waals surface area contributed by atoms with Crippen LogP contribution in [0.4, 0.5) is 0 Å². The molecule has 4 rings (SSSR count). The van der Waals surface area contributed by atoms with E-state index in [2.05, 4.69) is 16.7 Å². The minimum Gasteiger partial charge on any atom is -0.372 e. The lowest BCUT2D eigenvalue weighted by Crippen LogP contribution is -2.48. The predicted molar refractivity (Wildman–Crippen MR) is 117 cm³/mol. The van der Waals surface area contributed by atoms with Crippen LogP contribution in [0.5, 0.6) is 0 Å². The highest BCUT2D eigenvalue weighted by Gasteiger charge is 2.29. The first kappa shape index (κ1) is 19.7. The molecule has 0 aliphatic carbocycles. The third kappa shape index (κ3) is 3.83. The van der Waals surface area contributed by atoms with Gasteiger partial charge in [0.05, 0.1) is 34.2 Å². The molecule has 0 unspecified atom stereocenters. The van der Waals surface area contributed by atoms with Crippen LogP contribution in [0.2, 0.25) is 5.02 Å². The lowest BCUT2D eigenvalue weighted by molar-refractivity contribution is -0.0586. The number of hydrogen-bond donors (Lipinski definition) is 0. The molecule has 0 radical (unpaired) electrons. The normalized spacial score (nSPS) is 19.4. The van der Waals surface area contributed by atoms with Gasteiger partial charge in [0.15, 0.2) is 0 Å². The molecule has 0 saturated carbocycles. The Morgan fingerprint density at radius 1 is 1.00 bits per heavy atom. The van der Waals surface area contributed by atoms with Crippen molar-refractivity contribution in [3.63, 3.8) is 0 Å². The van der Waals surface area contributed by atoms with Crippen LogP contribution >= 0.6 is 11.6 Å². The molecule has 0 bridgehead atoms. The predicted octanol–water partition coefficient (Wildman–Crippen LogP) is 5.36. The first-order valence-electron chi connectivity index (χ1n) is 9.93. The molecule has 29 heavy (non-hydrogen) atoms. The molecule has 0 spiro atoms. The van der Waals surface area contributed by atoms with Crippen molar-refractivity contribution in [2.75, 3.05) is 13.1 Å². The van der Waals surface area contributed by atoms with E-state index in [1.54, 1.807) is 0 Å². The summed E-state index contributed by atoms with van der Waals surface area (Å²) < 4.78 is 7.88. The summed E-state index contributed by atoms with van der Waals surface area (Å²) >= 11 is 6.53. The summed E-state index contributed by atoms with van der Waals surface area (Å²) in [5.74, 6) is 0.0347. The first-order valence-corrected chi connectivity index (χ1v) is 10.3. The van der Waals surface area contributed by atoms with Gasteiger partial charge in [0.2, 0.25) is 0 Å². The number of ether oxygens (including phenoxy) is 1. The highest BCUT2D eigenvalue weighted by molar-refractivity contribution is 6.32. The van der Waals surface area contributed by atoms with E-state index in [9.17, 15) is 4.79 Å². The zero-order valence-electron chi connectivity index (χ0n) is 16.9. The van der Waals surface area contributed by atoms with Gasteiger partial charge in [-0.05, 0) is 44.5 Å². The first-order chi connectivity index (χ1) is 14.0. The smallest absolute Gasteiger partial charge is 0.255 e. The molecule has 1 fully saturated rings. The molecule has 5 heteroatoms. The number of rotatable bonds is 3. The number of carbonyl (C=O) groups is 1. The van der Waals surface area contributed by atoms with Gasteiger partial charge >= 0.3 is 0 Å². The zero-order valence-corrected chi connectivity index (χ0v) is 17.7. The third-order valence-corrected chi connectivity index (χ3v) is 5.67. The van der Waals surface area contributed by atoms with E-state index in [1.807, 2.05) is 74.2 Å². The number of benzene rings is 2. The van der Waals surface area contributed by atoms with Crippen molar-refractivity contribution >= 4 is 17.5 Å². The average molecular weight is 409 g/mol. The largest absolute Gasteiger partial charge is 0.372 e. The number of halogens is 1. The molecule has 3 aromatic rings. The molecule has 1 saturated heterocycles. The Morgan fingerprint density at radius 3 is 2.28 bits per heavy atom. The molecule has 1 aromatic heterocycles. The Morgan fingerprint density at radius 2 is 1.62 bits per heavy atom. The second kappa shape index (κ2) is 8.05. The van der Waals surface area contributed by atoms with Crippen molar-refractivity contribution < 1.29 is 9.53 Å². The van der Waals surface area contributed by atoms with E-state index < -0.39 is 0 Å². The van der Waals surface area contributed by atoms with Crippen LogP contribution in [-0.4, -0.2) is 40.7 Å². The Bertz CT molecular complexity index is 1020. The van der Waals surface area contributed by atoms with Crippen LogP contribution in [-0.2, 0) is 4.74 Å². The molecule has 2 atom stereocenters. The Kier molecular flexibility index (Phi) is 5.48. The van der Waals surface area contributed by atoms with Gasteiger partial charge in [0.1, 0.15) is 0 Å². The number of carbonyl (C=O) groups excluding carboxylic acids is 1. The second-order valence-corrected chi connectivity index (χ2v) is 8.06. The molecule has 150 valence electrons. The van der Waals surface area contributed by atoms with Crippen LogP contribution in [0.15, 0.2) is 60.7 Å². The number of nitrogens with zero attached hydrogens (tertiary/aromatic N) is 2. The monoisotopic (exact) mass is 408 g/mol. The minimum absolute atomic E-state index is 0.0299. The van der Waals surface area contributed by atoms with Crippen molar-refractivity contribution in [3.8, 4) is 16.9 Å². The van der Waals surface area contributed by atoms with E-state index in [-0.39, 0.29) is 18.1 Å². The van der Waals surface area contributed by atoms with E-state index in [0.29, 0.717) is 23.7 Å². The van der Waals surface area contributed by atoms with Gasteiger partial charge < -0.3 is 14.2 Å². The van der Waals surface area contributed by atoms with Gasteiger partial charge in [0, 0.05) is 18.8 Å². The third-order valence-electron chi connectivity index (χ3n) is 5.35. The van der Waals surface area contributed by atoms with E-state index in [0.717, 1.165) is 22.6 Å². The van der Waals surface area contributed by atoms with Crippen LogP contribution in [0, 0.1) is 6.92 Å². The molecular formula is C24H25ClN2O2. The van der Waals surface area contributed by atoms with Crippen molar-refractivity contribution in [2.45, 2.75) is 33.0 Å². The summed E-state index contributed by atoms with van der Waals surface area (Å²) in [5.41, 5.74) is 4.44. The number of morpholine rings is 1. The topological polar surface area (TPSA) is 34.5 Å². The molecule has 1 aliphatic heterocycles. The van der Waals surface area contributed by atoms with Gasteiger partial charge in [-0.2, -0.15) is 0 Å². The standard InChI is InChI=1S/C24H25ClN2O2/c1-16-14-26(15-17(2)29-16)24(28)20-13-23(19-9-5-4-6-10-19)27(18(20)3)22-12-8-7-11-21(22)25/h4-13,16-17H,14-15H2,1-3H3/t16-,17+. The van der Waals surface area contributed by atoms with Crippen LogP contribution in [0.3, 0.4) is 0 Å². The van der Waals surface area contributed by atoms with Crippen molar-refractivity contribution in [2.24, 2.45) is 0 Å². The average Bonchev–Trinajstić information content (AvgIpc) is 3.05. The summed E-state index contributed by atoms with van der Waals surface area (Å²) in [6, 6.07) is 19.8. The van der Waals surface area contributed by atoms with Crippen LogP contribution in [0.1, 0.15) is 29.9 Å². The molecule has 0 N–H and O–H groups in total. The summed E-state index contributed by atoms with van der Waals surface area (Å²) in [4.78, 5) is 15.3. The molecular weight excluding hydrogens is 384 g/mol. The maximum atomic E-state index is 13.4. The molecule has 4 nitrogen and oxygen atoms in total. The fraction of sp³-hybridized carbons (Fsp3) is 0.292. The van der Waals surface area contributed by atoms with Crippen LogP contribution in [0.25, 0.3) is 16.9 Å². The quantitative estimate of drug-likeness (QED) is 0.585. The zero-order chi connectivity index (χ0) is 20.5. The van der Waals surface area contributed by atoms with Crippen molar-refractivity contribution in [1.82, 2.24) is 9.47 Å². The van der Waals surface area contributed by atoms with Gasteiger partial charge in [-0.1, -0.05) is 54.1 Å². The maximum absolute atomic E-state index is 13.4. The number of amides is 1. The molecule has 1 aliphatic rings. The number of para-hydroxylation sites is 1. The lowest BCUT2D eigenvalue weighted by Gasteiger charge is -2.35. The van der Waals surface area contributed by atoms with E-state index in [1.165, 1.54) is 0 Å². The maximum Gasteiger partial charge on any atom is 0.255 e. The fourth-order valence-electron chi connectivity index (χ4n) is 4.10. The summed E-state index contributed by atoms with van der Waals surface area (Å²) in [5, 5.41) is 0.649. The number of aromatic nitrogens is 1. The van der Waals surface area contributed by atoms with Crippen LogP contribution < -0.4 is 0 Å². The van der Waals surface area contributed by atoms with Crippen molar-refractivity contribution in [1.29, 1.82) is 0 Å². The Balaban J connectivity index is 1.84. The Hall–Kier alpha value is -2.56. The number of hydrogen-bond acceptors (Lipinski definition) is 2.